The van der Waals surface area contributed by atoms with Crippen LogP contribution in [0.4, 0.5) is 0 Å². The molecule has 0 unspecified atom stereocenters. The minimum Gasteiger partial charge on any atom is -0.458 e. The van der Waals surface area contributed by atoms with E-state index in [4.69, 9.17) is 4.74 Å². The van der Waals surface area contributed by atoms with Crippen LogP contribution in [0.15, 0.2) is 11.6 Å². The number of hydrogen-bond acceptors (Lipinski definition) is 3. The maximum Gasteiger partial charge on any atom is 0.306 e. The maximum absolute atomic E-state index is 12.1. The number of ether oxygens (including phenoxy) is 1. The molecule has 3 saturated carbocycles. The number of fused-ring (bicyclic) bond motifs is 6. The summed E-state index contributed by atoms with van der Waals surface area (Å²) in [5.41, 5.74) is 1.64. The first kappa shape index (κ1) is 17.9. The third kappa shape index (κ3) is 2.20. The van der Waals surface area contributed by atoms with Crippen molar-refractivity contribution in [3.63, 3.8) is 0 Å². The molecular weight excluding hydrogens is 336 g/mol. The number of hydrogen-bond donors (Lipinski definition) is 0. The van der Waals surface area contributed by atoms with Crippen molar-refractivity contribution in [3.05, 3.63) is 11.6 Å². The van der Waals surface area contributed by atoms with E-state index in [1.807, 2.05) is 6.08 Å². The van der Waals surface area contributed by atoms with Gasteiger partial charge in [-0.05, 0) is 80.1 Å². The molecule has 0 aromatic carbocycles. The number of esters is 1. The van der Waals surface area contributed by atoms with Crippen LogP contribution < -0.4 is 0 Å². The monoisotopic (exact) mass is 370 g/mol. The second-order valence-corrected chi connectivity index (χ2v) is 10.7. The van der Waals surface area contributed by atoms with E-state index in [1.54, 1.807) is 0 Å². The van der Waals surface area contributed by atoms with Gasteiger partial charge in [0, 0.05) is 18.3 Å². The molecule has 7 atom stereocenters. The van der Waals surface area contributed by atoms with E-state index in [9.17, 15) is 9.59 Å². The van der Waals surface area contributed by atoms with Gasteiger partial charge >= 0.3 is 5.97 Å². The first-order chi connectivity index (χ1) is 12.8. The van der Waals surface area contributed by atoms with Crippen LogP contribution in [0.1, 0.15) is 85.0 Å². The standard InChI is InChI=1S/C24H34O3/c1-4-15-13-16-14-17(25)5-9-22(16,2)18-6-10-23(3)19(21(15)18)7-11-24(23)12-8-20(26)27-24/h14-15,18-19,21H,4-13H2,1-3H3/t15-,18+,19+,21-,22+,23+,24-/m1/s1. The zero-order chi connectivity index (χ0) is 19.0. The lowest BCUT2D eigenvalue weighted by atomic mass is 9.44. The summed E-state index contributed by atoms with van der Waals surface area (Å²) >= 11 is 0. The van der Waals surface area contributed by atoms with Crippen molar-refractivity contribution in [1.82, 2.24) is 0 Å². The van der Waals surface area contributed by atoms with Gasteiger partial charge in [-0.1, -0.05) is 32.8 Å². The lowest BCUT2D eigenvalue weighted by Crippen LogP contribution is -2.56. The minimum absolute atomic E-state index is 0.0256. The molecule has 27 heavy (non-hydrogen) atoms. The SMILES string of the molecule is CC[C@@H]1CC2=CC(=O)CC[C@]2(C)[C@H]2CC[C@@]3(C)[C@@H](CC[C@@]34CCC(=O)O4)[C@H]12. The van der Waals surface area contributed by atoms with E-state index in [1.165, 1.54) is 31.3 Å². The van der Waals surface area contributed by atoms with E-state index < -0.39 is 0 Å². The molecule has 5 rings (SSSR count). The van der Waals surface area contributed by atoms with Crippen molar-refractivity contribution in [2.45, 2.75) is 90.6 Å². The Morgan fingerprint density at radius 2 is 1.81 bits per heavy atom. The Morgan fingerprint density at radius 3 is 2.52 bits per heavy atom. The van der Waals surface area contributed by atoms with Crippen molar-refractivity contribution >= 4 is 11.8 Å². The lowest BCUT2D eigenvalue weighted by Gasteiger charge is -2.61. The lowest BCUT2D eigenvalue weighted by molar-refractivity contribution is -0.171. The molecule has 3 nitrogen and oxygen atoms in total. The highest BCUT2D eigenvalue weighted by Gasteiger charge is 2.68. The fraction of sp³-hybridized carbons (Fsp3) is 0.833. The summed E-state index contributed by atoms with van der Waals surface area (Å²) in [4.78, 5) is 24.2. The average Bonchev–Trinajstić information content (AvgIpc) is 3.16. The molecule has 0 aromatic rings. The quantitative estimate of drug-likeness (QED) is 0.594. The molecule has 5 aliphatic rings. The predicted octanol–water partition coefficient (Wildman–Crippen LogP) is 5.23. The van der Waals surface area contributed by atoms with Crippen LogP contribution in [-0.2, 0) is 14.3 Å². The van der Waals surface area contributed by atoms with Gasteiger partial charge in [0.15, 0.2) is 5.78 Å². The van der Waals surface area contributed by atoms with Crippen LogP contribution in [0.5, 0.6) is 0 Å². The number of carbonyl (C=O) groups excluding carboxylic acids is 2. The molecule has 0 amide bonds. The third-order valence-electron chi connectivity index (χ3n) is 9.99. The highest BCUT2D eigenvalue weighted by atomic mass is 16.6. The van der Waals surface area contributed by atoms with Crippen LogP contribution in [-0.4, -0.2) is 17.4 Å². The second kappa shape index (κ2) is 5.70. The molecule has 4 aliphatic carbocycles. The Hall–Kier alpha value is -1.12. The predicted molar refractivity (Wildman–Crippen MR) is 104 cm³/mol. The van der Waals surface area contributed by atoms with Gasteiger partial charge in [0.2, 0.25) is 0 Å². The first-order valence-corrected chi connectivity index (χ1v) is 11.3. The summed E-state index contributed by atoms with van der Waals surface area (Å²) in [7, 11) is 0. The highest BCUT2D eigenvalue weighted by Crippen LogP contribution is 2.70. The van der Waals surface area contributed by atoms with Crippen molar-refractivity contribution in [3.8, 4) is 0 Å². The molecule has 1 aliphatic heterocycles. The molecule has 0 aromatic heterocycles. The van der Waals surface area contributed by atoms with Gasteiger partial charge in [0.1, 0.15) is 5.60 Å². The number of rotatable bonds is 1. The number of ketones is 1. The van der Waals surface area contributed by atoms with Gasteiger partial charge in [0.05, 0.1) is 0 Å². The normalized spacial score (nSPS) is 51.4. The molecule has 1 spiro atoms. The average molecular weight is 371 g/mol. The van der Waals surface area contributed by atoms with E-state index in [-0.39, 0.29) is 22.4 Å². The summed E-state index contributed by atoms with van der Waals surface area (Å²) in [5, 5.41) is 0. The van der Waals surface area contributed by atoms with Gasteiger partial charge in [-0.2, -0.15) is 0 Å². The van der Waals surface area contributed by atoms with Crippen LogP contribution in [0, 0.1) is 34.5 Å². The van der Waals surface area contributed by atoms with Crippen LogP contribution in [0.2, 0.25) is 0 Å². The minimum atomic E-state index is -0.183. The zero-order valence-electron chi connectivity index (χ0n) is 17.2. The summed E-state index contributed by atoms with van der Waals surface area (Å²) in [6.45, 7) is 7.24. The molecule has 4 fully saturated rings. The molecular formula is C24H34O3. The second-order valence-electron chi connectivity index (χ2n) is 10.7. The Kier molecular flexibility index (Phi) is 3.79. The van der Waals surface area contributed by atoms with Crippen molar-refractivity contribution in [2.24, 2.45) is 34.5 Å². The summed E-state index contributed by atoms with van der Waals surface area (Å²) in [6, 6.07) is 0. The van der Waals surface area contributed by atoms with Crippen molar-refractivity contribution in [1.29, 1.82) is 0 Å². The Morgan fingerprint density at radius 1 is 1.04 bits per heavy atom. The van der Waals surface area contributed by atoms with Crippen LogP contribution >= 0.6 is 0 Å². The van der Waals surface area contributed by atoms with Crippen molar-refractivity contribution < 1.29 is 14.3 Å². The van der Waals surface area contributed by atoms with Gasteiger partial charge in [0.25, 0.3) is 0 Å². The summed E-state index contributed by atoms with van der Waals surface area (Å²) < 4.78 is 6.08. The fourth-order valence-corrected chi connectivity index (χ4v) is 8.42. The largest absolute Gasteiger partial charge is 0.458 e. The Bertz CT molecular complexity index is 723. The van der Waals surface area contributed by atoms with Crippen LogP contribution in [0.3, 0.4) is 0 Å². The summed E-state index contributed by atoms with van der Waals surface area (Å²) in [6.07, 6.45) is 12.3. The first-order valence-electron chi connectivity index (χ1n) is 11.3. The smallest absolute Gasteiger partial charge is 0.306 e. The van der Waals surface area contributed by atoms with E-state index >= 15 is 0 Å². The van der Waals surface area contributed by atoms with E-state index in [0.717, 1.165) is 38.0 Å². The Balaban J connectivity index is 1.54. The maximum atomic E-state index is 12.1. The summed E-state index contributed by atoms with van der Waals surface area (Å²) in [5.74, 6) is 3.13. The third-order valence-corrected chi connectivity index (χ3v) is 9.99. The molecule has 0 bridgehead atoms. The van der Waals surface area contributed by atoms with Gasteiger partial charge < -0.3 is 4.74 Å². The highest BCUT2D eigenvalue weighted by molar-refractivity contribution is 5.91. The molecule has 3 heteroatoms. The topological polar surface area (TPSA) is 43.4 Å². The molecule has 0 N–H and O–H groups in total. The van der Waals surface area contributed by atoms with Crippen molar-refractivity contribution in [2.75, 3.05) is 0 Å². The molecule has 1 heterocycles. The van der Waals surface area contributed by atoms with Gasteiger partial charge in [-0.25, -0.2) is 0 Å². The number of carbonyl (C=O) groups is 2. The molecule has 148 valence electrons. The van der Waals surface area contributed by atoms with E-state index in [0.29, 0.717) is 30.0 Å². The van der Waals surface area contributed by atoms with Crippen LogP contribution in [0.25, 0.3) is 0 Å². The molecule has 0 radical (unpaired) electrons. The zero-order valence-corrected chi connectivity index (χ0v) is 17.2. The van der Waals surface area contributed by atoms with Gasteiger partial charge in [-0.15, -0.1) is 0 Å². The fourth-order valence-electron chi connectivity index (χ4n) is 8.42. The number of allylic oxidation sites excluding steroid dienone is 1. The Labute approximate surface area is 163 Å². The molecule has 1 saturated heterocycles. The van der Waals surface area contributed by atoms with E-state index in [2.05, 4.69) is 20.8 Å². The van der Waals surface area contributed by atoms with Gasteiger partial charge in [-0.3, -0.25) is 9.59 Å².